The largest absolute Gasteiger partial charge is 0.465 e. The molecular formula is C6H10BrClO2. The van der Waals surface area contributed by atoms with Crippen molar-refractivity contribution in [3.05, 3.63) is 0 Å². The molecule has 0 aliphatic rings. The van der Waals surface area contributed by atoms with E-state index in [4.69, 9.17) is 16.3 Å². The van der Waals surface area contributed by atoms with Crippen molar-refractivity contribution in [3.63, 3.8) is 0 Å². The maximum atomic E-state index is 10.7. The van der Waals surface area contributed by atoms with Crippen LogP contribution in [-0.2, 0) is 9.53 Å². The van der Waals surface area contributed by atoms with Gasteiger partial charge in [0.2, 0.25) is 0 Å². The minimum atomic E-state index is -0.231. The van der Waals surface area contributed by atoms with E-state index in [1.165, 1.54) is 0 Å². The number of halogens is 2. The smallest absolute Gasteiger partial charge is 0.319 e. The van der Waals surface area contributed by atoms with Gasteiger partial charge in [-0.05, 0) is 13.3 Å². The number of carbonyl (C=O) groups is 1. The molecule has 2 nitrogen and oxygen atoms in total. The Hall–Kier alpha value is 0.240. The molecule has 10 heavy (non-hydrogen) atoms. The summed E-state index contributed by atoms with van der Waals surface area (Å²) in [6.45, 7) is 2.14. The van der Waals surface area contributed by atoms with Crippen molar-refractivity contribution < 1.29 is 9.53 Å². The molecule has 0 aromatic rings. The van der Waals surface area contributed by atoms with Gasteiger partial charge in [-0.1, -0.05) is 15.9 Å². The highest BCUT2D eigenvalue weighted by molar-refractivity contribution is 9.10. The van der Waals surface area contributed by atoms with Gasteiger partial charge in [-0.25, -0.2) is 0 Å². The zero-order chi connectivity index (χ0) is 7.98. The second-order valence-electron chi connectivity index (χ2n) is 1.83. The van der Waals surface area contributed by atoms with Crippen molar-refractivity contribution in [2.75, 3.05) is 12.5 Å². The molecule has 4 heteroatoms. The molecule has 0 heterocycles. The van der Waals surface area contributed by atoms with E-state index in [1.807, 2.05) is 0 Å². The number of hydrogen-bond acceptors (Lipinski definition) is 2. The van der Waals surface area contributed by atoms with E-state index in [2.05, 4.69) is 15.9 Å². The minimum Gasteiger partial charge on any atom is -0.465 e. The minimum absolute atomic E-state index is 0.220. The average Bonchev–Trinajstić information content (AvgIpc) is 1.88. The zero-order valence-corrected chi connectivity index (χ0v) is 8.11. The van der Waals surface area contributed by atoms with E-state index in [0.717, 1.165) is 0 Å². The fourth-order valence-electron chi connectivity index (χ4n) is 0.342. The lowest BCUT2D eigenvalue weighted by atomic mass is 10.5. The fourth-order valence-corrected chi connectivity index (χ4v) is 0.583. The number of alkyl halides is 2. The van der Waals surface area contributed by atoms with E-state index < -0.39 is 0 Å². The maximum absolute atomic E-state index is 10.7. The molecule has 0 amide bonds. The summed E-state index contributed by atoms with van der Waals surface area (Å²) in [4.78, 5) is 10.5. The predicted octanol–water partition coefficient (Wildman–Crippen LogP) is 1.94. The first-order valence-corrected chi connectivity index (χ1v) is 4.50. The molecule has 0 bridgehead atoms. The summed E-state index contributed by atoms with van der Waals surface area (Å²) in [7, 11) is 0. The maximum Gasteiger partial charge on any atom is 0.319 e. The van der Waals surface area contributed by atoms with Crippen molar-refractivity contribution >= 4 is 33.5 Å². The first-order chi connectivity index (χ1) is 4.68. The molecule has 0 N–H and O–H groups in total. The second kappa shape index (κ2) is 5.98. The first kappa shape index (κ1) is 10.2. The number of carbonyl (C=O) groups excluding carboxylic acids is 1. The van der Waals surface area contributed by atoms with Crippen LogP contribution in [0.1, 0.15) is 13.3 Å². The molecule has 0 saturated heterocycles. The van der Waals surface area contributed by atoms with Gasteiger partial charge in [-0.3, -0.25) is 4.79 Å². The standard InChI is InChI=1S/C6H10BrClO2/c1-5(7)6(9)10-4-2-3-8/h5H,2-4H2,1H3. The van der Waals surface area contributed by atoms with Crippen LogP contribution in [0.25, 0.3) is 0 Å². The molecule has 60 valence electrons. The molecule has 0 rings (SSSR count). The van der Waals surface area contributed by atoms with E-state index >= 15 is 0 Å². The summed E-state index contributed by atoms with van der Waals surface area (Å²) in [6.07, 6.45) is 0.715. The highest BCUT2D eigenvalue weighted by Crippen LogP contribution is 2.00. The quantitative estimate of drug-likeness (QED) is 0.418. The topological polar surface area (TPSA) is 26.3 Å². The molecular weight excluding hydrogens is 219 g/mol. The molecule has 0 aliphatic heterocycles. The zero-order valence-electron chi connectivity index (χ0n) is 5.77. The van der Waals surface area contributed by atoms with Crippen LogP contribution in [0.5, 0.6) is 0 Å². The third-order valence-electron chi connectivity index (χ3n) is 0.847. The fraction of sp³-hybridized carbons (Fsp3) is 0.833. The van der Waals surface area contributed by atoms with Gasteiger partial charge < -0.3 is 4.74 Å². The van der Waals surface area contributed by atoms with Crippen LogP contribution in [0, 0.1) is 0 Å². The number of ether oxygens (including phenoxy) is 1. The Morgan fingerprint density at radius 3 is 2.80 bits per heavy atom. The lowest BCUT2D eigenvalue weighted by molar-refractivity contribution is -0.142. The van der Waals surface area contributed by atoms with Gasteiger partial charge in [0.25, 0.3) is 0 Å². The number of esters is 1. The summed E-state index contributed by atoms with van der Waals surface area (Å²) in [6, 6.07) is 0. The summed E-state index contributed by atoms with van der Waals surface area (Å²) in [5.41, 5.74) is 0. The Balaban J connectivity index is 3.22. The molecule has 0 aromatic carbocycles. The summed E-state index contributed by atoms with van der Waals surface area (Å²) < 4.78 is 4.77. The molecule has 0 saturated carbocycles. The third-order valence-corrected chi connectivity index (χ3v) is 1.49. The van der Waals surface area contributed by atoms with Crippen LogP contribution in [0.4, 0.5) is 0 Å². The summed E-state index contributed by atoms with van der Waals surface area (Å²) >= 11 is 8.45. The molecule has 0 aliphatic carbocycles. The van der Waals surface area contributed by atoms with Crippen molar-refractivity contribution in [2.24, 2.45) is 0 Å². The van der Waals surface area contributed by atoms with E-state index in [9.17, 15) is 4.79 Å². The van der Waals surface area contributed by atoms with Crippen molar-refractivity contribution in [1.29, 1.82) is 0 Å². The van der Waals surface area contributed by atoms with Crippen LogP contribution < -0.4 is 0 Å². The summed E-state index contributed by atoms with van der Waals surface area (Å²) in [5, 5.41) is 0. The van der Waals surface area contributed by atoms with E-state index in [0.29, 0.717) is 18.9 Å². The molecule has 1 unspecified atom stereocenters. The Morgan fingerprint density at radius 2 is 2.40 bits per heavy atom. The first-order valence-electron chi connectivity index (χ1n) is 3.05. The summed E-state index contributed by atoms with van der Waals surface area (Å²) in [5.74, 6) is 0.300. The van der Waals surface area contributed by atoms with Gasteiger partial charge in [-0.15, -0.1) is 11.6 Å². The van der Waals surface area contributed by atoms with Crippen molar-refractivity contribution in [2.45, 2.75) is 18.2 Å². The highest BCUT2D eigenvalue weighted by Gasteiger charge is 2.08. The van der Waals surface area contributed by atoms with Crippen LogP contribution in [0.3, 0.4) is 0 Å². The molecule has 0 fully saturated rings. The lowest BCUT2D eigenvalue weighted by Crippen LogP contribution is -2.14. The van der Waals surface area contributed by atoms with E-state index in [-0.39, 0.29) is 10.8 Å². The molecule has 1 atom stereocenters. The number of rotatable bonds is 4. The van der Waals surface area contributed by atoms with Crippen molar-refractivity contribution in [3.8, 4) is 0 Å². The SMILES string of the molecule is CC(Br)C(=O)OCCCCl. The van der Waals surface area contributed by atoms with E-state index in [1.54, 1.807) is 6.92 Å². The van der Waals surface area contributed by atoms with Crippen molar-refractivity contribution in [1.82, 2.24) is 0 Å². The Morgan fingerprint density at radius 1 is 1.80 bits per heavy atom. The normalized spacial score (nSPS) is 12.7. The highest BCUT2D eigenvalue weighted by atomic mass is 79.9. The molecule has 0 radical (unpaired) electrons. The average molecular weight is 230 g/mol. The Kier molecular flexibility index (Phi) is 6.13. The Bertz CT molecular complexity index is 106. The van der Waals surface area contributed by atoms with Crippen LogP contribution in [0.2, 0.25) is 0 Å². The Labute approximate surface area is 74.0 Å². The van der Waals surface area contributed by atoms with Gasteiger partial charge in [-0.2, -0.15) is 0 Å². The number of hydrogen-bond donors (Lipinski definition) is 0. The predicted molar refractivity (Wildman–Crippen MR) is 44.7 cm³/mol. The molecule has 0 spiro atoms. The van der Waals surface area contributed by atoms with Gasteiger partial charge in [0, 0.05) is 5.88 Å². The van der Waals surface area contributed by atoms with Gasteiger partial charge >= 0.3 is 5.97 Å². The third kappa shape index (κ3) is 5.06. The van der Waals surface area contributed by atoms with Crippen LogP contribution >= 0.6 is 27.5 Å². The monoisotopic (exact) mass is 228 g/mol. The molecule has 0 aromatic heterocycles. The van der Waals surface area contributed by atoms with Gasteiger partial charge in [0.05, 0.1) is 6.61 Å². The van der Waals surface area contributed by atoms with Crippen LogP contribution in [0.15, 0.2) is 0 Å². The van der Waals surface area contributed by atoms with Crippen LogP contribution in [-0.4, -0.2) is 23.3 Å². The van der Waals surface area contributed by atoms with Gasteiger partial charge in [0.15, 0.2) is 0 Å². The second-order valence-corrected chi connectivity index (χ2v) is 3.58. The van der Waals surface area contributed by atoms with Gasteiger partial charge in [0.1, 0.15) is 4.83 Å². The lowest BCUT2D eigenvalue weighted by Gasteiger charge is -2.03.